The highest BCUT2D eigenvalue weighted by Crippen LogP contribution is 2.25. The standard InChI is InChI=1S/C15H22N2O/c1-11-14(18)17(10-9-16-11)13-7-5-12(6-8-13)15(2,3)4/h5-8,11,16H,9-10H2,1-4H3. The second kappa shape index (κ2) is 4.73. The second-order valence-electron chi connectivity index (χ2n) is 5.96. The molecule has 18 heavy (non-hydrogen) atoms. The van der Waals surface area contributed by atoms with Gasteiger partial charge in [0.2, 0.25) is 5.91 Å². The molecule has 1 aliphatic heterocycles. The summed E-state index contributed by atoms with van der Waals surface area (Å²) in [6, 6.07) is 8.26. The molecule has 0 spiro atoms. The Bertz CT molecular complexity index is 431. The number of piperazine rings is 1. The first kappa shape index (κ1) is 13.1. The van der Waals surface area contributed by atoms with Crippen LogP contribution in [0.15, 0.2) is 24.3 Å². The molecule has 1 aliphatic rings. The van der Waals surface area contributed by atoms with Gasteiger partial charge < -0.3 is 10.2 Å². The Morgan fingerprint density at radius 2 is 1.83 bits per heavy atom. The van der Waals surface area contributed by atoms with Gasteiger partial charge in [-0.1, -0.05) is 32.9 Å². The molecule has 2 rings (SSSR count). The maximum atomic E-state index is 12.1. The van der Waals surface area contributed by atoms with Crippen molar-refractivity contribution in [3.05, 3.63) is 29.8 Å². The van der Waals surface area contributed by atoms with E-state index in [2.05, 4.69) is 50.4 Å². The van der Waals surface area contributed by atoms with Crippen molar-refractivity contribution in [3.63, 3.8) is 0 Å². The summed E-state index contributed by atoms with van der Waals surface area (Å²) in [5.41, 5.74) is 2.45. The van der Waals surface area contributed by atoms with E-state index in [0.29, 0.717) is 0 Å². The number of hydrogen-bond acceptors (Lipinski definition) is 2. The van der Waals surface area contributed by atoms with E-state index in [4.69, 9.17) is 0 Å². The lowest BCUT2D eigenvalue weighted by Gasteiger charge is -2.32. The largest absolute Gasteiger partial charge is 0.310 e. The average molecular weight is 246 g/mol. The fourth-order valence-electron chi connectivity index (χ4n) is 2.22. The lowest BCUT2D eigenvalue weighted by atomic mass is 9.87. The van der Waals surface area contributed by atoms with E-state index >= 15 is 0 Å². The SMILES string of the molecule is CC1NCCN(c2ccc(C(C)(C)C)cc2)C1=O. The number of nitrogens with zero attached hydrogens (tertiary/aromatic N) is 1. The number of hydrogen-bond donors (Lipinski definition) is 1. The van der Waals surface area contributed by atoms with Gasteiger partial charge in [0.1, 0.15) is 0 Å². The Kier molecular flexibility index (Phi) is 3.44. The third-order valence-corrected chi connectivity index (χ3v) is 3.47. The van der Waals surface area contributed by atoms with Crippen LogP contribution in [0.3, 0.4) is 0 Å². The molecule has 1 N–H and O–H groups in total. The first-order valence-electron chi connectivity index (χ1n) is 6.55. The Morgan fingerprint density at radius 1 is 1.22 bits per heavy atom. The zero-order chi connectivity index (χ0) is 13.3. The second-order valence-corrected chi connectivity index (χ2v) is 5.96. The number of rotatable bonds is 1. The van der Waals surface area contributed by atoms with Crippen LogP contribution in [-0.2, 0) is 10.2 Å². The Balaban J connectivity index is 2.22. The van der Waals surface area contributed by atoms with E-state index < -0.39 is 0 Å². The minimum atomic E-state index is -0.0824. The molecular formula is C15H22N2O. The van der Waals surface area contributed by atoms with Crippen LogP contribution >= 0.6 is 0 Å². The Hall–Kier alpha value is -1.35. The van der Waals surface area contributed by atoms with Crippen LogP contribution in [0, 0.1) is 0 Å². The molecule has 3 nitrogen and oxygen atoms in total. The van der Waals surface area contributed by atoms with Crippen molar-refractivity contribution in [2.75, 3.05) is 18.0 Å². The lowest BCUT2D eigenvalue weighted by Crippen LogP contribution is -2.53. The fraction of sp³-hybridized carbons (Fsp3) is 0.533. The molecule has 1 atom stereocenters. The highest BCUT2D eigenvalue weighted by molar-refractivity contribution is 5.97. The van der Waals surface area contributed by atoms with Crippen LogP contribution < -0.4 is 10.2 Å². The van der Waals surface area contributed by atoms with Crippen molar-refractivity contribution in [2.24, 2.45) is 0 Å². The first-order valence-corrected chi connectivity index (χ1v) is 6.55. The van der Waals surface area contributed by atoms with Gasteiger partial charge in [-0.3, -0.25) is 4.79 Å². The van der Waals surface area contributed by atoms with Crippen LogP contribution in [-0.4, -0.2) is 25.0 Å². The van der Waals surface area contributed by atoms with Gasteiger partial charge in [0, 0.05) is 18.8 Å². The number of benzene rings is 1. The third kappa shape index (κ3) is 2.56. The summed E-state index contributed by atoms with van der Waals surface area (Å²) >= 11 is 0. The molecule has 1 amide bonds. The van der Waals surface area contributed by atoms with Crippen LogP contribution in [0.5, 0.6) is 0 Å². The third-order valence-electron chi connectivity index (χ3n) is 3.47. The van der Waals surface area contributed by atoms with Gasteiger partial charge in [0.15, 0.2) is 0 Å². The minimum absolute atomic E-state index is 0.0824. The molecule has 1 heterocycles. The van der Waals surface area contributed by atoms with Crippen molar-refractivity contribution >= 4 is 11.6 Å². The van der Waals surface area contributed by atoms with Crippen molar-refractivity contribution in [1.82, 2.24) is 5.32 Å². The van der Waals surface area contributed by atoms with Gasteiger partial charge in [0.25, 0.3) is 0 Å². The molecule has 3 heteroatoms. The van der Waals surface area contributed by atoms with E-state index in [1.54, 1.807) is 0 Å². The summed E-state index contributed by atoms with van der Waals surface area (Å²) in [5.74, 6) is 0.157. The normalized spacial score (nSPS) is 21.2. The number of carbonyl (C=O) groups is 1. The van der Waals surface area contributed by atoms with Crippen LogP contribution in [0.25, 0.3) is 0 Å². The number of amides is 1. The van der Waals surface area contributed by atoms with Gasteiger partial charge in [-0.25, -0.2) is 0 Å². The summed E-state index contributed by atoms with van der Waals surface area (Å²) < 4.78 is 0. The molecule has 0 radical (unpaired) electrons. The molecule has 1 aromatic carbocycles. The summed E-state index contributed by atoms with van der Waals surface area (Å²) in [5, 5.41) is 3.18. The quantitative estimate of drug-likeness (QED) is 0.824. The van der Waals surface area contributed by atoms with Gasteiger partial charge >= 0.3 is 0 Å². The Morgan fingerprint density at radius 3 is 2.39 bits per heavy atom. The average Bonchev–Trinajstić information content (AvgIpc) is 2.32. The van der Waals surface area contributed by atoms with E-state index in [1.165, 1.54) is 5.56 Å². The predicted molar refractivity (Wildman–Crippen MR) is 75.0 cm³/mol. The summed E-state index contributed by atoms with van der Waals surface area (Å²) in [7, 11) is 0. The van der Waals surface area contributed by atoms with Crippen LogP contribution in [0.2, 0.25) is 0 Å². The summed E-state index contributed by atoms with van der Waals surface area (Å²) in [6.45, 7) is 10.1. The molecule has 0 saturated carbocycles. The zero-order valence-electron chi connectivity index (χ0n) is 11.7. The number of carbonyl (C=O) groups excluding carboxylic acids is 1. The molecule has 98 valence electrons. The highest BCUT2D eigenvalue weighted by atomic mass is 16.2. The molecule has 0 bridgehead atoms. The Labute approximate surface area is 109 Å². The molecule has 0 aromatic heterocycles. The van der Waals surface area contributed by atoms with E-state index in [9.17, 15) is 4.79 Å². The van der Waals surface area contributed by atoms with Crippen LogP contribution in [0.1, 0.15) is 33.3 Å². The maximum absolute atomic E-state index is 12.1. The molecule has 1 saturated heterocycles. The van der Waals surface area contributed by atoms with Crippen molar-refractivity contribution in [3.8, 4) is 0 Å². The number of nitrogens with one attached hydrogen (secondary N) is 1. The van der Waals surface area contributed by atoms with Crippen molar-refractivity contribution in [1.29, 1.82) is 0 Å². The van der Waals surface area contributed by atoms with E-state index in [0.717, 1.165) is 18.8 Å². The van der Waals surface area contributed by atoms with Gasteiger partial charge in [0.05, 0.1) is 6.04 Å². The topological polar surface area (TPSA) is 32.3 Å². The predicted octanol–water partition coefficient (Wildman–Crippen LogP) is 2.31. The van der Waals surface area contributed by atoms with Gasteiger partial charge in [-0.05, 0) is 30.0 Å². The molecule has 0 aliphatic carbocycles. The minimum Gasteiger partial charge on any atom is -0.310 e. The fourth-order valence-corrected chi connectivity index (χ4v) is 2.22. The van der Waals surface area contributed by atoms with Crippen molar-refractivity contribution < 1.29 is 4.79 Å². The molecular weight excluding hydrogens is 224 g/mol. The zero-order valence-corrected chi connectivity index (χ0v) is 11.7. The summed E-state index contributed by atoms with van der Waals surface area (Å²) in [4.78, 5) is 13.9. The maximum Gasteiger partial charge on any atom is 0.243 e. The molecule has 1 fully saturated rings. The molecule has 1 aromatic rings. The highest BCUT2D eigenvalue weighted by Gasteiger charge is 2.25. The van der Waals surface area contributed by atoms with E-state index in [1.807, 2.05) is 11.8 Å². The lowest BCUT2D eigenvalue weighted by molar-refractivity contribution is -0.121. The number of anilines is 1. The summed E-state index contributed by atoms with van der Waals surface area (Å²) in [6.07, 6.45) is 0. The van der Waals surface area contributed by atoms with Gasteiger partial charge in [-0.2, -0.15) is 0 Å². The van der Waals surface area contributed by atoms with Crippen LogP contribution in [0.4, 0.5) is 5.69 Å². The monoisotopic (exact) mass is 246 g/mol. The first-order chi connectivity index (χ1) is 8.39. The van der Waals surface area contributed by atoms with E-state index in [-0.39, 0.29) is 17.4 Å². The smallest absolute Gasteiger partial charge is 0.243 e. The van der Waals surface area contributed by atoms with Crippen molar-refractivity contribution in [2.45, 2.75) is 39.2 Å². The molecule has 1 unspecified atom stereocenters. The van der Waals surface area contributed by atoms with Gasteiger partial charge in [-0.15, -0.1) is 0 Å².